The summed E-state index contributed by atoms with van der Waals surface area (Å²) in [5.41, 5.74) is 1.85. The molecular weight excluding hydrogens is 354 g/mol. The number of hydrogen-bond acceptors (Lipinski definition) is 5. The second kappa shape index (κ2) is 8.01. The van der Waals surface area contributed by atoms with Crippen LogP contribution in [0, 0.1) is 6.92 Å². The second-order valence-electron chi connectivity index (χ2n) is 5.81. The van der Waals surface area contributed by atoms with E-state index in [0.717, 1.165) is 11.1 Å². The second-order valence-corrected chi connectivity index (χ2v) is 6.25. The van der Waals surface area contributed by atoms with Crippen molar-refractivity contribution in [2.24, 2.45) is 0 Å². The highest BCUT2D eigenvalue weighted by Gasteiger charge is 2.16. The third-order valence-corrected chi connectivity index (χ3v) is 3.91. The summed E-state index contributed by atoms with van der Waals surface area (Å²) in [6, 6.07) is 14.6. The molecule has 26 heavy (non-hydrogen) atoms. The molecule has 3 rings (SSSR count). The van der Waals surface area contributed by atoms with Gasteiger partial charge in [-0.15, -0.1) is 0 Å². The Balaban J connectivity index is 1.55. The Bertz CT molecular complexity index is 893. The number of nitrogens with zero attached hydrogens (tertiary/aromatic N) is 2. The summed E-state index contributed by atoms with van der Waals surface area (Å²) in [6.07, 6.45) is -0.643. The summed E-state index contributed by atoms with van der Waals surface area (Å²) < 4.78 is 10.8. The van der Waals surface area contributed by atoms with Gasteiger partial charge in [0, 0.05) is 10.6 Å². The number of nitrogens with one attached hydrogen (secondary N) is 1. The molecule has 1 amide bonds. The summed E-state index contributed by atoms with van der Waals surface area (Å²) in [5, 5.41) is 7.26. The summed E-state index contributed by atoms with van der Waals surface area (Å²) in [4.78, 5) is 16.4. The Hall–Kier alpha value is -2.86. The molecule has 1 atom stereocenters. The van der Waals surface area contributed by atoms with Crippen LogP contribution in [0.5, 0.6) is 5.75 Å². The molecule has 0 aliphatic carbocycles. The fourth-order valence-corrected chi connectivity index (χ4v) is 2.42. The first kappa shape index (κ1) is 17.9. The fraction of sp³-hybridized carbons (Fsp3) is 0.211. The Morgan fingerprint density at radius 1 is 1.27 bits per heavy atom. The van der Waals surface area contributed by atoms with Crippen molar-refractivity contribution in [3.05, 3.63) is 65.0 Å². The molecule has 0 fully saturated rings. The smallest absolute Gasteiger partial charge is 0.261 e. The molecule has 0 unspecified atom stereocenters. The van der Waals surface area contributed by atoms with Gasteiger partial charge in [-0.05, 0) is 55.8 Å². The monoisotopic (exact) mass is 371 g/mol. The predicted molar refractivity (Wildman–Crippen MR) is 97.9 cm³/mol. The number of carbonyl (C=O) groups is 1. The average molecular weight is 372 g/mol. The van der Waals surface area contributed by atoms with Gasteiger partial charge in [0.2, 0.25) is 11.7 Å². The van der Waals surface area contributed by atoms with Crippen molar-refractivity contribution >= 4 is 17.5 Å². The molecule has 0 aliphatic heterocycles. The zero-order chi connectivity index (χ0) is 18.5. The standard InChI is InChI=1S/C19H18ClN3O3/c1-12-4-3-5-16(10-12)25-13(2)19(24)21-11-17-22-18(23-26-17)14-6-8-15(20)9-7-14/h3-10,13H,11H2,1-2H3,(H,21,24)/t13-/m0/s1. The van der Waals surface area contributed by atoms with Gasteiger partial charge in [-0.2, -0.15) is 4.98 Å². The lowest BCUT2D eigenvalue weighted by atomic mass is 10.2. The third kappa shape index (κ3) is 4.61. The van der Waals surface area contributed by atoms with Crippen molar-refractivity contribution in [3.63, 3.8) is 0 Å². The number of benzene rings is 2. The molecule has 2 aromatic carbocycles. The van der Waals surface area contributed by atoms with Crippen molar-refractivity contribution in [1.82, 2.24) is 15.5 Å². The van der Waals surface area contributed by atoms with Crippen molar-refractivity contribution in [1.29, 1.82) is 0 Å². The highest BCUT2D eigenvalue weighted by atomic mass is 35.5. The van der Waals surface area contributed by atoms with Crippen LogP contribution in [0.3, 0.4) is 0 Å². The Morgan fingerprint density at radius 2 is 2.04 bits per heavy atom. The third-order valence-electron chi connectivity index (χ3n) is 3.66. The van der Waals surface area contributed by atoms with E-state index >= 15 is 0 Å². The number of amides is 1. The minimum absolute atomic E-state index is 0.126. The number of aromatic nitrogens is 2. The number of hydrogen-bond donors (Lipinski definition) is 1. The molecule has 0 saturated carbocycles. The summed E-state index contributed by atoms with van der Waals surface area (Å²) in [6.45, 7) is 3.77. The minimum Gasteiger partial charge on any atom is -0.481 e. The van der Waals surface area contributed by atoms with E-state index in [-0.39, 0.29) is 12.5 Å². The van der Waals surface area contributed by atoms with Gasteiger partial charge in [0.15, 0.2) is 6.10 Å². The molecule has 1 N–H and O–H groups in total. The summed E-state index contributed by atoms with van der Waals surface area (Å²) in [7, 11) is 0. The number of carbonyl (C=O) groups excluding carboxylic acids is 1. The van der Waals surface area contributed by atoms with Crippen LogP contribution in [0.15, 0.2) is 53.1 Å². The van der Waals surface area contributed by atoms with Crippen LogP contribution in [-0.2, 0) is 11.3 Å². The van der Waals surface area contributed by atoms with E-state index in [1.54, 1.807) is 31.2 Å². The molecule has 3 aromatic rings. The molecule has 7 heteroatoms. The van der Waals surface area contributed by atoms with E-state index in [1.807, 2.05) is 31.2 Å². The van der Waals surface area contributed by atoms with Gasteiger partial charge in [0.05, 0.1) is 6.54 Å². The highest BCUT2D eigenvalue weighted by Crippen LogP contribution is 2.18. The molecule has 134 valence electrons. The molecule has 1 heterocycles. The summed E-state index contributed by atoms with van der Waals surface area (Å²) in [5.74, 6) is 1.13. The first-order valence-corrected chi connectivity index (χ1v) is 8.48. The van der Waals surface area contributed by atoms with Crippen molar-refractivity contribution < 1.29 is 14.1 Å². The molecule has 6 nitrogen and oxygen atoms in total. The lowest BCUT2D eigenvalue weighted by molar-refractivity contribution is -0.127. The Labute approximate surface area is 156 Å². The quantitative estimate of drug-likeness (QED) is 0.713. The molecule has 1 aromatic heterocycles. The summed E-state index contributed by atoms with van der Waals surface area (Å²) >= 11 is 5.86. The Kier molecular flexibility index (Phi) is 5.53. The van der Waals surface area contributed by atoms with E-state index in [0.29, 0.717) is 22.5 Å². The van der Waals surface area contributed by atoms with Gasteiger partial charge in [-0.25, -0.2) is 0 Å². The van der Waals surface area contributed by atoms with Gasteiger partial charge < -0.3 is 14.6 Å². The molecule has 0 saturated heterocycles. The van der Waals surface area contributed by atoms with Gasteiger partial charge >= 0.3 is 0 Å². The van der Waals surface area contributed by atoms with Crippen LogP contribution in [0.2, 0.25) is 5.02 Å². The van der Waals surface area contributed by atoms with Crippen LogP contribution in [0.4, 0.5) is 0 Å². The SMILES string of the molecule is Cc1cccc(O[C@@H](C)C(=O)NCc2nc(-c3ccc(Cl)cc3)no2)c1. The number of rotatable bonds is 6. The van der Waals surface area contributed by atoms with Crippen molar-refractivity contribution in [2.75, 3.05) is 0 Å². The van der Waals surface area contributed by atoms with E-state index in [9.17, 15) is 4.79 Å². The maximum Gasteiger partial charge on any atom is 0.261 e. The zero-order valence-corrected chi connectivity index (χ0v) is 15.2. The zero-order valence-electron chi connectivity index (χ0n) is 14.4. The highest BCUT2D eigenvalue weighted by molar-refractivity contribution is 6.30. The van der Waals surface area contributed by atoms with Gasteiger partial charge in [-0.3, -0.25) is 4.79 Å². The topological polar surface area (TPSA) is 77.2 Å². The lowest BCUT2D eigenvalue weighted by Gasteiger charge is -2.14. The number of halogens is 1. The number of ether oxygens (including phenoxy) is 1. The molecule has 0 spiro atoms. The average Bonchev–Trinajstić information content (AvgIpc) is 3.09. The molecule has 0 aliphatic rings. The minimum atomic E-state index is -0.643. The van der Waals surface area contributed by atoms with Crippen LogP contribution in [0.1, 0.15) is 18.4 Å². The van der Waals surface area contributed by atoms with Crippen LogP contribution < -0.4 is 10.1 Å². The van der Waals surface area contributed by atoms with Gasteiger partial charge in [-0.1, -0.05) is 28.9 Å². The fourth-order valence-electron chi connectivity index (χ4n) is 2.30. The molecular formula is C19H18ClN3O3. The van der Waals surface area contributed by atoms with Crippen LogP contribution >= 0.6 is 11.6 Å². The molecule has 0 radical (unpaired) electrons. The van der Waals surface area contributed by atoms with E-state index < -0.39 is 6.10 Å². The largest absolute Gasteiger partial charge is 0.481 e. The Morgan fingerprint density at radius 3 is 2.77 bits per heavy atom. The van der Waals surface area contributed by atoms with E-state index in [4.69, 9.17) is 20.9 Å². The van der Waals surface area contributed by atoms with E-state index in [1.165, 1.54) is 0 Å². The van der Waals surface area contributed by atoms with Crippen molar-refractivity contribution in [3.8, 4) is 17.1 Å². The van der Waals surface area contributed by atoms with Gasteiger partial charge in [0.25, 0.3) is 5.91 Å². The maximum atomic E-state index is 12.2. The predicted octanol–water partition coefficient (Wildman–Crippen LogP) is 3.78. The lowest BCUT2D eigenvalue weighted by Crippen LogP contribution is -2.36. The van der Waals surface area contributed by atoms with E-state index in [2.05, 4.69) is 15.5 Å². The van der Waals surface area contributed by atoms with Crippen LogP contribution in [-0.4, -0.2) is 22.2 Å². The first-order chi connectivity index (χ1) is 12.5. The van der Waals surface area contributed by atoms with Gasteiger partial charge in [0.1, 0.15) is 5.75 Å². The first-order valence-electron chi connectivity index (χ1n) is 8.11. The maximum absolute atomic E-state index is 12.2. The normalized spacial score (nSPS) is 11.8. The number of aryl methyl sites for hydroxylation is 1. The van der Waals surface area contributed by atoms with Crippen LogP contribution in [0.25, 0.3) is 11.4 Å². The van der Waals surface area contributed by atoms with Crippen molar-refractivity contribution in [2.45, 2.75) is 26.5 Å². The molecule has 0 bridgehead atoms.